The molecule has 0 aliphatic rings. The molecule has 0 unspecified atom stereocenters. The predicted octanol–water partition coefficient (Wildman–Crippen LogP) is 3.91. The summed E-state index contributed by atoms with van der Waals surface area (Å²) < 4.78 is 15.9. The second kappa shape index (κ2) is 9.20. The molecule has 0 spiro atoms. The zero-order chi connectivity index (χ0) is 23.5. The van der Waals surface area contributed by atoms with Crippen molar-refractivity contribution in [2.75, 3.05) is 7.11 Å². The van der Waals surface area contributed by atoms with Gasteiger partial charge in [0.25, 0.3) is 5.56 Å². The van der Waals surface area contributed by atoms with Gasteiger partial charge in [0, 0.05) is 20.1 Å². The maximum absolute atomic E-state index is 12.9. The number of fused-ring (bicyclic) bond motifs is 1. The standard InChI is InChI=1S/C25H26N4O4/c1-5-28-23-22(24(30)29(6-2)25(28)31)27(3)21(26-23)15-13-17-12-14-19(32-4)20(16-17)33-18-10-8-7-9-11-18/h7-16H,5-6H2,1-4H3. The third-order valence-corrected chi connectivity index (χ3v) is 5.49. The largest absolute Gasteiger partial charge is 0.493 e. The highest BCUT2D eigenvalue weighted by molar-refractivity contribution is 5.77. The molecule has 2 aromatic carbocycles. The van der Waals surface area contributed by atoms with Crippen molar-refractivity contribution in [2.45, 2.75) is 26.9 Å². The number of benzene rings is 2. The van der Waals surface area contributed by atoms with E-state index in [0.717, 1.165) is 5.56 Å². The predicted molar refractivity (Wildman–Crippen MR) is 129 cm³/mol. The van der Waals surface area contributed by atoms with Gasteiger partial charge in [-0.2, -0.15) is 0 Å². The van der Waals surface area contributed by atoms with Crippen LogP contribution in [0.3, 0.4) is 0 Å². The maximum atomic E-state index is 12.9. The zero-order valence-electron chi connectivity index (χ0n) is 19.1. The van der Waals surface area contributed by atoms with Crippen LogP contribution in [0.25, 0.3) is 23.3 Å². The van der Waals surface area contributed by atoms with Crippen molar-refractivity contribution in [3.63, 3.8) is 0 Å². The van der Waals surface area contributed by atoms with Gasteiger partial charge in [0.15, 0.2) is 22.7 Å². The Labute approximate surface area is 191 Å². The third-order valence-electron chi connectivity index (χ3n) is 5.49. The molecule has 0 fully saturated rings. The smallest absolute Gasteiger partial charge is 0.332 e. The highest BCUT2D eigenvalue weighted by atomic mass is 16.5. The van der Waals surface area contributed by atoms with E-state index in [4.69, 9.17) is 9.47 Å². The number of ether oxygens (including phenoxy) is 2. The summed E-state index contributed by atoms with van der Waals surface area (Å²) in [7, 11) is 3.37. The fourth-order valence-electron chi connectivity index (χ4n) is 3.76. The lowest BCUT2D eigenvalue weighted by molar-refractivity contribution is 0.379. The first-order valence-corrected chi connectivity index (χ1v) is 10.8. The van der Waals surface area contributed by atoms with Gasteiger partial charge in [0.1, 0.15) is 11.6 Å². The Bertz CT molecular complexity index is 1450. The van der Waals surface area contributed by atoms with Gasteiger partial charge in [-0.3, -0.25) is 13.9 Å². The first-order chi connectivity index (χ1) is 16.0. The lowest BCUT2D eigenvalue weighted by atomic mass is 10.2. The fourth-order valence-corrected chi connectivity index (χ4v) is 3.76. The van der Waals surface area contributed by atoms with Crippen LogP contribution in [0.15, 0.2) is 58.1 Å². The molecule has 0 aliphatic carbocycles. The SMILES string of the molecule is CCn1c(=O)c2c(nc(C=Cc3ccc(OC)c(Oc4ccccc4)c3)n2C)n(CC)c1=O. The number of para-hydroxylation sites is 1. The highest BCUT2D eigenvalue weighted by Gasteiger charge is 2.17. The number of aromatic nitrogens is 4. The van der Waals surface area contributed by atoms with Crippen LogP contribution in [-0.4, -0.2) is 25.8 Å². The van der Waals surface area contributed by atoms with Gasteiger partial charge in [-0.15, -0.1) is 0 Å². The molecule has 2 aromatic heterocycles. The van der Waals surface area contributed by atoms with Crippen molar-refractivity contribution in [1.82, 2.24) is 18.7 Å². The van der Waals surface area contributed by atoms with Gasteiger partial charge in [0.2, 0.25) is 0 Å². The third kappa shape index (κ3) is 4.07. The maximum Gasteiger partial charge on any atom is 0.332 e. The van der Waals surface area contributed by atoms with Gasteiger partial charge in [-0.1, -0.05) is 30.3 Å². The Balaban J connectivity index is 1.75. The lowest BCUT2D eigenvalue weighted by Crippen LogP contribution is -2.39. The van der Waals surface area contributed by atoms with Crippen LogP contribution in [-0.2, 0) is 20.1 Å². The van der Waals surface area contributed by atoms with Crippen molar-refractivity contribution in [3.05, 3.63) is 80.8 Å². The molecule has 33 heavy (non-hydrogen) atoms. The van der Waals surface area contributed by atoms with Crippen LogP contribution < -0.4 is 20.7 Å². The molecule has 0 saturated carbocycles. The summed E-state index contributed by atoms with van der Waals surface area (Å²) in [5.41, 5.74) is 0.986. The lowest BCUT2D eigenvalue weighted by Gasteiger charge is -2.11. The van der Waals surface area contributed by atoms with Gasteiger partial charge >= 0.3 is 5.69 Å². The molecular formula is C25H26N4O4. The summed E-state index contributed by atoms with van der Waals surface area (Å²) in [6.07, 6.45) is 3.69. The number of methoxy groups -OCH3 is 1. The number of hydrogen-bond acceptors (Lipinski definition) is 5. The molecule has 170 valence electrons. The molecule has 0 N–H and O–H groups in total. The second-order valence-electron chi connectivity index (χ2n) is 7.44. The minimum atomic E-state index is -0.344. The van der Waals surface area contributed by atoms with E-state index in [1.54, 1.807) is 25.6 Å². The normalized spacial score (nSPS) is 11.4. The monoisotopic (exact) mass is 446 g/mol. The van der Waals surface area contributed by atoms with Crippen molar-refractivity contribution in [2.24, 2.45) is 7.05 Å². The first-order valence-electron chi connectivity index (χ1n) is 10.8. The van der Waals surface area contributed by atoms with E-state index in [2.05, 4.69) is 4.98 Å². The quantitative estimate of drug-likeness (QED) is 0.430. The summed E-state index contributed by atoms with van der Waals surface area (Å²) in [6.45, 7) is 4.38. The molecule has 8 heteroatoms. The molecule has 0 saturated heterocycles. The molecule has 0 aliphatic heterocycles. The molecule has 0 atom stereocenters. The number of hydrogen-bond donors (Lipinski definition) is 0. The number of nitrogens with zero attached hydrogens (tertiary/aromatic N) is 4. The Hall–Kier alpha value is -4.07. The topological polar surface area (TPSA) is 80.3 Å². The Morgan fingerprint density at radius 3 is 2.33 bits per heavy atom. The van der Waals surface area contributed by atoms with Crippen LogP contribution in [0, 0.1) is 0 Å². The number of aryl methyl sites for hydroxylation is 2. The summed E-state index contributed by atoms with van der Waals surface area (Å²) in [5.74, 6) is 2.48. The highest BCUT2D eigenvalue weighted by Crippen LogP contribution is 2.32. The average Bonchev–Trinajstić information content (AvgIpc) is 3.15. The average molecular weight is 447 g/mol. The van der Waals surface area contributed by atoms with Crippen LogP contribution >= 0.6 is 0 Å². The van der Waals surface area contributed by atoms with E-state index in [1.807, 2.05) is 67.6 Å². The molecular weight excluding hydrogens is 420 g/mol. The van der Waals surface area contributed by atoms with Crippen molar-refractivity contribution < 1.29 is 9.47 Å². The second-order valence-corrected chi connectivity index (χ2v) is 7.44. The molecule has 4 rings (SSSR count). The number of rotatable bonds is 7. The van der Waals surface area contributed by atoms with Crippen molar-refractivity contribution in [1.29, 1.82) is 0 Å². The van der Waals surface area contributed by atoms with Crippen LogP contribution in [0.5, 0.6) is 17.2 Å². The van der Waals surface area contributed by atoms with Crippen molar-refractivity contribution in [3.8, 4) is 17.2 Å². The Morgan fingerprint density at radius 1 is 0.939 bits per heavy atom. The fraction of sp³-hybridized carbons (Fsp3) is 0.240. The summed E-state index contributed by atoms with van der Waals surface area (Å²) in [6, 6.07) is 15.1. The molecule has 8 nitrogen and oxygen atoms in total. The van der Waals surface area contributed by atoms with E-state index in [-0.39, 0.29) is 11.2 Å². The summed E-state index contributed by atoms with van der Waals surface area (Å²) in [4.78, 5) is 30.1. The molecule has 0 radical (unpaired) electrons. The molecule has 4 aromatic rings. The van der Waals surface area contributed by atoms with Crippen LogP contribution in [0.1, 0.15) is 25.2 Å². The minimum Gasteiger partial charge on any atom is -0.493 e. The van der Waals surface area contributed by atoms with Crippen LogP contribution in [0.4, 0.5) is 0 Å². The zero-order valence-corrected chi connectivity index (χ0v) is 19.1. The van der Waals surface area contributed by atoms with E-state index in [9.17, 15) is 9.59 Å². The van der Waals surface area contributed by atoms with Crippen LogP contribution in [0.2, 0.25) is 0 Å². The Morgan fingerprint density at radius 2 is 1.67 bits per heavy atom. The van der Waals surface area contributed by atoms with E-state index in [1.165, 1.54) is 9.13 Å². The van der Waals surface area contributed by atoms with Gasteiger partial charge < -0.3 is 14.0 Å². The van der Waals surface area contributed by atoms with Gasteiger partial charge in [-0.25, -0.2) is 9.78 Å². The minimum absolute atomic E-state index is 0.306. The summed E-state index contributed by atoms with van der Waals surface area (Å²) in [5, 5.41) is 0. The molecule has 2 heterocycles. The Kier molecular flexibility index (Phi) is 6.17. The number of imidazole rings is 1. The van der Waals surface area contributed by atoms with E-state index in [0.29, 0.717) is 47.3 Å². The molecule has 0 bridgehead atoms. The molecule has 0 amide bonds. The van der Waals surface area contributed by atoms with Gasteiger partial charge in [0.05, 0.1) is 7.11 Å². The summed E-state index contributed by atoms with van der Waals surface area (Å²) >= 11 is 0. The van der Waals surface area contributed by atoms with Gasteiger partial charge in [-0.05, 0) is 49.8 Å². The van der Waals surface area contributed by atoms with E-state index >= 15 is 0 Å². The van der Waals surface area contributed by atoms with Crippen molar-refractivity contribution >= 4 is 23.3 Å². The van der Waals surface area contributed by atoms with E-state index < -0.39 is 0 Å². The first kappa shape index (κ1) is 22.1.